The van der Waals surface area contributed by atoms with Gasteiger partial charge in [0.25, 0.3) is 0 Å². The number of aliphatic carboxylic acids is 1. The van der Waals surface area contributed by atoms with Gasteiger partial charge in [-0.15, -0.1) is 0 Å². The van der Waals surface area contributed by atoms with Gasteiger partial charge >= 0.3 is 5.97 Å². The minimum atomic E-state index is -0.753. The second-order valence-electron chi connectivity index (χ2n) is 5.13. The fourth-order valence-electron chi connectivity index (χ4n) is 2.46. The van der Waals surface area contributed by atoms with Gasteiger partial charge in [-0.25, -0.2) is 0 Å². The van der Waals surface area contributed by atoms with Crippen molar-refractivity contribution in [1.29, 1.82) is 0 Å². The second-order valence-corrected chi connectivity index (χ2v) is 5.13. The molecule has 104 valence electrons. The van der Waals surface area contributed by atoms with Gasteiger partial charge in [0.05, 0.1) is 6.42 Å². The molecule has 4 heteroatoms. The van der Waals surface area contributed by atoms with Crippen LogP contribution in [0, 0.1) is 0 Å². The number of carboxylic acids is 1. The van der Waals surface area contributed by atoms with E-state index in [-0.39, 0.29) is 6.42 Å². The van der Waals surface area contributed by atoms with Crippen molar-refractivity contribution in [3.05, 3.63) is 24.3 Å². The Labute approximate surface area is 114 Å². The number of hydrogen-bond donors (Lipinski definition) is 1. The van der Waals surface area contributed by atoms with E-state index in [0.717, 1.165) is 18.8 Å². The fraction of sp³-hybridized carbons (Fsp3) is 0.533. The zero-order chi connectivity index (χ0) is 13.7. The maximum Gasteiger partial charge on any atom is 0.305 e. The van der Waals surface area contributed by atoms with Gasteiger partial charge in [0.2, 0.25) is 0 Å². The minimum Gasteiger partial charge on any atom is -0.481 e. The molecular formula is C15H22N2O2. The van der Waals surface area contributed by atoms with Crippen LogP contribution in [-0.4, -0.2) is 37.8 Å². The Hall–Kier alpha value is -1.71. The molecule has 1 aromatic carbocycles. The second kappa shape index (κ2) is 6.45. The van der Waals surface area contributed by atoms with E-state index in [4.69, 9.17) is 5.11 Å². The molecule has 0 aromatic heterocycles. The molecule has 4 nitrogen and oxygen atoms in total. The molecule has 0 radical (unpaired) electrons. The number of piperidine rings is 1. The third-order valence-electron chi connectivity index (χ3n) is 3.67. The first-order valence-corrected chi connectivity index (χ1v) is 6.95. The normalized spacial score (nSPS) is 15.3. The lowest BCUT2D eigenvalue weighted by molar-refractivity contribution is -0.136. The first kappa shape index (κ1) is 13.7. The minimum absolute atomic E-state index is 0.171. The molecule has 1 aliphatic heterocycles. The molecule has 19 heavy (non-hydrogen) atoms. The van der Waals surface area contributed by atoms with Crippen LogP contribution in [0.25, 0.3) is 0 Å². The van der Waals surface area contributed by atoms with Crippen molar-refractivity contribution in [3.63, 3.8) is 0 Å². The van der Waals surface area contributed by atoms with Gasteiger partial charge in [-0.05, 0) is 43.5 Å². The summed E-state index contributed by atoms with van der Waals surface area (Å²) in [5, 5.41) is 8.69. The summed E-state index contributed by atoms with van der Waals surface area (Å²) in [4.78, 5) is 15.0. The molecule has 1 aliphatic rings. The van der Waals surface area contributed by atoms with E-state index < -0.39 is 5.97 Å². The van der Waals surface area contributed by atoms with Crippen molar-refractivity contribution >= 4 is 17.3 Å². The van der Waals surface area contributed by atoms with Crippen molar-refractivity contribution in [3.8, 4) is 0 Å². The van der Waals surface area contributed by atoms with E-state index in [0.29, 0.717) is 6.54 Å². The molecule has 0 spiro atoms. The molecular weight excluding hydrogens is 240 g/mol. The van der Waals surface area contributed by atoms with E-state index in [1.54, 1.807) is 0 Å². The quantitative estimate of drug-likeness (QED) is 0.885. The molecule has 0 saturated carbocycles. The van der Waals surface area contributed by atoms with Crippen LogP contribution in [0.1, 0.15) is 25.7 Å². The van der Waals surface area contributed by atoms with Crippen LogP contribution in [0.5, 0.6) is 0 Å². The summed E-state index contributed by atoms with van der Waals surface area (Å²) in [6.45, 7) is 2.83. The molecule has 2 rings (SSSR count). The summed E-state index contributed by atoms with van der Waals surface area (Å²) in [6, 6.07) is 8.42. The molecule has 0 bridgehead atoms. The lowest BCUT2D eigenvalue weighted by Crippen LogP contribution is -2.29. The smallest absolute Gasteiger partial charge is 0.305 e. The Kier molecular flexibility index (Phi) is 4.66. The maximum absolute atomic E-state index is 10.6. The number of nitrogens with zero attached hydrogens (tertiary/aromatic N) is 2. The summed E-state index contributed by atoms with van der Waals surface area (Å²) in [5.41, 5.74) is 2.34. The number of anilines is 2. The first-order chi connectivity index (χ1) is 9.16. The van der Waals surface area contributed by atoms with E-state index in [1.807, 2.05) is 11.9 Å². The molecule has 0 atom stereocenters. The van der Waals surface area contributed by atoms with Crippen molar-refractivity contribution in [2.24, 2.45) is 0 Å². The van der Waals surface area contributed by atoms with E-state index in [2.05, 4.69) is 29.2 Å². The lowest BCUT2D eigenvalue weighted by atomic mass is 10.1. The zero-order valence-corrected chi connectivity index (χ0v) is 11.5. The SMILES string of the molecule is CN(CCC(=O)O)c1ccc(N2CCCCC2)cc1. The van der Waals surface area contributed by atoms with Crippen LogP contribution in [0.4, 0.5) is 11.4 Å². The highest BCUT2D eigenvalue weighted by Crippen LogP contribution is 2.23. The fourth-order valence-corrected chi connectivity index (χ4v) is 2.46. The van der Waals surface area contributed by atoms with E-state index >= 15 is 0 Å². The van der Waals surface area contributed by atoms with Gasteiger partial charge in [0, 0.05) is 38.1 Å². The Bertz CT molecular complexity index is 411. The van der Waals surface area contributed by atoms with Crippen LogP contribution < -0.4 is 9.80 Å². The summed E-state index contributed by atoms with van der Waals surface area (Å²) in [6.07, 6.45) is 4.07. The first-order valence-electron chi connectivity index (χ1n) is 6.95. The number of benzene rings is 1. The monoisotopic (exact) mass is 262 g/mol. The molecule has 0 unspecified atom stereocenters. The Balaban J connectivity index is 1.95. The Morgan fingerprint density at radius 1 is 1.21 bits per heavy atom. The van der Waals surface area contributed by atoms with Crippen LogP contribution in [-0.2, 0) is 4.79 Å². The van der Waals surface area contributed by atoms with Gasteiger partial charge in [0.15, 0.2) is 0 Å². The van der Waals surface area contributed by atoms with Gasteiger partial charge in [-0.1, -0.05) is 0 Å². The number of carboxylic acid groups (broad SMARTS) is 1. The predicted octanol–water partition coefficient (Wildman–Crippen LogP) is 2.59. The summed E-state index contributed by atoms with van der Waals surface area (Å²) in [5.74, 6) is -0.753. The van der Waals surface area contributed by atoms with Crippen LogP contribution in [0.15, 0.2) is 24.3 Å². The standard InChI is InChI=1S/C15H22N2O2/c1-16(12-9-15(18)19)13-5-7-14(8-6-13)17-10-3-2-4-11-17/h5-8H,2-4,9-12H2,1H3,(H,18,19). The molecule has 0 aliphatic carbocycles. The van der Waals surface area contributed by atoms with Gasteiger partial charge in [0.1, 0.15) is 0 Å². The van der Waals surface area contributed by atoms with Gasteiger partial charge < -0.3 is 14.9 Å². The Morgan fingerprint density at radius 2 is 1.84 bits per heavy atom. The molecule has 1 fully saturated rings. The molecule has 1 N–H and O–H groups in total. The van der Waals surface area contributed by atoms with E-state index in [1.165, 1.54) is 24.9 Å². The average molecular weight is 262 g/mol. The number of hydrogen-bond acceptors (Lipinski definition) is 3. The van der Waals surface area contributed by atoms with Gasteiger partial charge in [-0.2, -0.15) is 0 Å². The maximum atomic E-state index is 10.6. The van der Waals surface area contributed by atoms with Gasteiger partial charge in [-0.3, -0.25) is 4.79 Å². The van der Waals surface area contributed by atoms with Crippen LogP contribution in [0.3, 0.4) is 0 Å². The highest BCUT2D eigenvalue weighted by Gasteiger charge is 2.11. The largest absolute Gasteiger partial charge is 0.481 e. The number of carbonyl (C=O) groups is 1. The number of rotatable bonds is 5. The van der Waals surface area contributed by atoms with E-state index in [9.17, 15) is 4.79 Å². The molecule has 1 heterocycles. The lowest BCUT2D eigenvalue weighted by Gasteiger charge is -2.29. The predicted molar refractivity (Wildman–Crippen MR) is 78.0 cm³/mol. The highest BCUT2D eigenvalue weighted by atomic mass is 16.4. The molecule has 0 amide bonds. The van der Waals surface area contributed by atoms with Crippen molar-refractivity contribution in [1.82, 2.24) is 0 Å². The molecule has 1 saturated heterocycles. The molecule has 1 aromatic rings. The van der Waals surface area contributed by atoms with Crippen molar-refractivity contribution < 1.29 is 9.90 Å². The average Bonchev–Trinajstić information content (AvgIpc) is 2.46. The van der Waals surface area contributed by atoms with Crippen molar-refractivity contribution in [2.75, 3.05) is 36.5 Å². The highest BCUT2D eigenvalue weighted by molar-refractivity contribution is 5.67. The summed E-state index contributed by atoms with van der Waals surface area (Å²) in [7, 11) is 1.93. The zero-order valence-electron chi connectivity index (χ0n) is 11.5. The Morgan fingerprint density at radius 3 is 2.42 bits per heavy atom. The summed E-state index contributed by atoms with van der Waals surface area (Å²) < 4.78 is 0. The van der Waals surface area contributed by atoms with Crippen LogP contribution in [0.2, 0.25) is 0 Å². The third-order valence-corrected chi connectivity index (χ3v) is 3.67. The van der Waals surface area contributed by atoms with Crippen LogP contribution >= 0.6 is 0 Å². The van der Waals surface area contributed by atoms with Crippen molar-refractivity contribution in [2.45, 2.75) is 25.7 Å². The third kappa shape index (κ3) is 3.88. The topological polar surface area (TPSA) is 43.8 Å². The summed E-state index contributed by atoms with van der Waals surface area (Å²) >= 11 is 0.